The molecule has 1 aromatic rings. The molecule has 0 radical (unpaired) electrons. The third-order valence-corrected chi connectivity index (χ3v) is 4.03. The van der Waals surface area contributed by atoms with Crippen LogP contribution in [0, 0.1) is 5.92 Å². The minimum absolute atomic E-state index is 0.577. The normalized spacial score (nSPS) is 13.1. The zero-order valence-corrected chi connectivity index (χ0v) is 12.3. The van der Waals surface area contributed by atoms with Crippen LogP contribution in [0.5, 0.6) is 0 Å². The molecule has 17 heavy (non-hydrogen) atoms. The zero-order valence-electron chi connectivity index (χ0n) is 10.8. The van der Waals surface area contributed by atoms with Crippen molar-refractivity contribution in [3.63, 3.8) is 0 Å². The first-order valence-electron chi connectivity index (χ1n) is 6.16. The topological polar surface area (TPSA) is 12.0 Å². The molecule has 0 aromatic heterocycles. The van der Waals surface area contributed by atoms with Crippen molar-refractivity contribution in [3.05, 3.63) is 33.8 Å². The van der Waals surface area contributed by atoms with Gasteiger partial charge in [-0.05, 0) is 43.9 Å². The standard InChI is InChI=1S/C14H21Cl2N/c1-10(2)13(17-3)9-5-7-11-6-4-8-12(15)14(11)16/h4,6,8,10,13,17H,5,7,9H2,1-3H3. The first-order valence-corrected chi connectivity index (χ1v) is 6.92. The molecule has 0 bridgehead atoms. The summed E-state index contributed by atoms with van der Waals surface area (Å²) in [4.78, 5) is 0. The molecule has 1 nitrogen and oxygen atoms in total. The Labute approximate surface area is 115 Å². The molecule has 0 heterocycles. The van der Waals surface area contributed by atoms with Crippen molar-refractivity contribution < 1.29 is 0 Å². The van der Waals surface area contributed by atoms with Crippen molar-refractivity contribution in [2.45, 2.75) is 39.2 Å². The highest BCUT2D eigenvalue weighted by Crippen LogP contribution is 2.26. The summed E-state index contributed by atoms with van der Waals surface area (Å²) < 4.78 is 0. The van der Waals surface area contributed by atoms with E-state index < -0.39 is 0 Å². The third kappa shape index (κ3) is 4.50. The summed E-state index contributed by atoms with van der Waals surface area (Å²) in [6.07, 6.45) is 3.28. The highest BCUT2D eigenvalue weighted by Gasteiger charge is 2.11. The number of rotatable bonds is 6. The highest BCUT2D eigenvalue weighted by molar-refractivity contribution is 6.42. The Bertz CT molecular complexity index is 350. The van der Waals surface area contributed by atoms with Gasteiger partial charge in [0, 0.05) is 6.04 Å². The molecule has 0 aliphatic carbocycles. The average molecular weight is 274 g/mol. The van der Waals surface area contributed by atoms with Crippen LogP contribution in [-0.4, -0.2) is 13.1 Å². The molecule has 1 atom stereocenters. The van der Waals surface area contributed by atoms with Crippen LogP contribution in [0.3, 0.4) is 0 Å². The van der Waals surface area contributed by atoms with Crippen LogP contribution in [0.2, 0.25) is 10.0 Å². The van der Waals surface area contributed by atoms with E-state index in [1.165, 1.54) is 0 Å². The summed E-state index contributed by atoms with van der Waals surface area (Å²) in [7, 11) is 2.02. The van der Waals surface area contributed by atoms with Crippen LogP contribution < -0.4 is 5.32 Å². The van der Waals surface area contributed by atoms with Gasteiger partial charge in [-0.15, -0.1) is 0 Å². The maximum atomic E-state index is 6.16. The Balaban J connectivity index is 2.48. The second kappa shape index (κ2) is 7.25. The minimum atomic E-state index is 0.577. The maximum absolute atomic E-state index is 6.16. The zero-order chi connectivity index (χ0) is 12.8. The van der Waals surface area contributed by atoms with E-state index in [0.717, 1.165) is 24.8 Å². The van der Waals surface area contributed by atoms with Crippen LogP contribution in [0.1, 0.15) is 32.3 Å². The number of aryl methyl sites for hydroxylation is 1. The molecule has 3 heteroatoms. The van der Waals surface area contributed by atoms with Gasteiger partial charge in [0.15, 0.2) is 0 Å². The Kier molecular flexibility index (Phi) is 6.32. The molecular formula is C14H21Cl2N. The first kappa shape index (κ1) is 14.8. The van der Waals surface area contributed by atoms with Gasteiger partial charge in [0.05, 0.1) is 10.0 Å². The molecular weight excluding hydrogens is 253 g/mol. The van der Waals surface area contributed by atoms with Crippen LogP contribution in [0.4, 0.5) is 0 Å². The van der Waals surface area contributed by atoms with Gasteiger partial charge in [-0.2, -0.15) is 0 Å². The lowest BCUT2D eigenvalue weighted by Crippen LogP contribution is -2.30. The van der Waals surface area contributed by atoms with Gasteiger partial charge in [-0.25, -0.2) is 0 Å². The number of halogens is 2. The summed E-state index contributed by atoms with van der Waals surface area (Å²) in [5.41, 5.74) is 1.15. The van der Waals surface area contributed by atoms with Gasteiger partial charge < -0.3 is 5.32 Å². The van der Waals surface area contributed by atoms with E-state index in [9.17, 15) is 0 Å². The number of hydrogen-bond acceptors (Lipinski definition) is 1. The van der Waals surface area contributed by atoms with Crippen LogP contribution in [0.25, 0.3) is 0 Å². The predicted octanol–water partition coefficient (Wildman–Crippen LogP) is 4.56. The van der Waals surface area contributed by atoms with E-state index in [-0.39, 0.29) is 0 Å². The molecule has 0 aliphatic heterocycles. The predicted molar refractivity (Wildman–Crippen MR) is 77.1 cm³/mol. The quantitative estimate of drug-likeness (QED) is 0.801. The molecule has 1 rings (SSSR count). The lowest BCUT2D eigenvalue weighted by Gasteiger charge is -2.20. The highest BCUT2D eigenvalue weighted by atomic mass is 35.5. The molecule has 0 saturated heterocycles. The van der Waals surface area contributed by atoms with Crippen LogP contribution >= 0.6 is 23.2 Å². The maximum Gasteiger partial charge on any atom is 0.0624 e. The second-order valence-corrected chi connectivity index (χ2v) is 5.53. The first-order chi connectivity index (χ1) is 8.06. The molecule has 0 fully saturated rings. The smallest absolute Gasteiger partial charge is 0.0624 e. The van der Waals surface area contributed by atoms with Gasteiger partial charge in [0.1, 0.15) is 0 Å². The SMILES string of the molecule is CNC(CCCc1cccc(Cl)c1Cl)C(C)C. The fourth-order valence-electron chi connectivity index (χ4n) is 2.06. The molecule has 0 aliphatic rings. The van der Waals surface area contributed by atoms with E-state index in [2.05, 4.69) is 25.2 Å². The van der Waals surface area contributed by atoms with E-state index in [4.69, 9.17) is 23.2 Å². The van der Waals surface area contributed by atoms with Crippen molar-refractivity contribution in [2.24, 2.45) is 5.92 Å². The van der Waals surface area contributed by atoms with E-state index in [0.29, 0.717) is 22.0 Å². The van der Waals surface area contributed by atoms with Gasteiger partial charge in [-0.1, -0.05) is 49.2 Å². The number of benzene rings is 1. The molecule has 96 valence electrons. The van der Waals surface area contributed by atoms with Gasteiger partial charge in [0.25, 0.3) is 0 Å². The lowest BCUT2D eigenvalue weighted by molar-refractivity contribution is 0.393. The Hall–Kier alpha value is -0.240. The molecule has 1 unspecified atom stereocenters. The lowest BCUT2D eigenvalue weighted by atomic mass is 9.97. The number of hydrogen-bond donors (Lipinski definition) is 1. The molecule has 0 saturated carbocycles. The Morgan fingerprint density at radius 3 is 2.53 bits per heavy atom. The summed E-state index contributed by atoms with van der Waals surface area (Å²) in [6.45, 7) is 4.49. The van der Waals surface area contributed by atoms with Crippen LogP contribution in [-0.2, 0) is 6.42 Å². The van der Waals surface area contributed by atoms with Gasteiger partial charge in [0.2, 0.25) is 0 Å². The summed E-state index contributed by atoms with van der Waals surface area (Å²) >= 11 is 12.1. The van der Waals surface area contributed by atoms with Crippen molar-refractivity contribution in [3.8, 4) is 0 Å². The molecule has 0 amide bonds. The van der Waals surface area contributed by atoms with Crippen LogP contribution in [0.15, 0.2) is 18.2 Å². The average Bonchev–Trinajstić information content (AvgIpc) is 2.29. The Morgan fingerprint density at radius 1 is 1.24 bits per heavy atom. The summed E-state index contributed by atoms with van der Waals surface area (Å²) in [6, 6.07) is 6.42. The van der Waals surface area contributed by atoms with E-state index >= 15 is 0 Å². The second-order valence-electron chi connectivity index (χ2n) is 4.74. The van der Waals surface area contributed by atoms with Crippen molar-refractivity contribution in [1.29, 1.82) is 0 Å². The van der Waals surface area contributed by atoms with Crippen molar-refractivity contribution in [1.82, 2.24) is 5.32 Å². The van der Waals surface area contributed by atoms with Crippen molar-refractivity contribution >= 4 is 23.2 Å². The third-order valence-electron chi connectivity index (χ3n) is 3.17. The van der Waals surface area contributed by atoms with Crippen molar-refractivity contribution in [2.75, 3.05) is 7.05 Å². The van der Waals surface area contributed by atoms with E-state index in [1.54, 1.807) is 0 Å². The summed E-state index contributed by atoms with van der Waals surface area (Å²) in [5.74, 6) is 0.662. The van der Waals surface area contributed by atoms with Gasteiger partial charge in [-0.3, -0.25) is 0 Å². The Morgan fingerprint density at radius 2 is 1.94 bits per heavy atom. The van der Waals surface area contributed by atoms with E-state index in [1.807, 2.05) is 19.2 Å². The monoisotopic (exact) mass is 273 g/mol. The van der Waals surface area contributed by atoms with Gasteiger partial charge >= 0.3 is 0 Å². The minimum Gasteiger partial charge on any atom is -0.317 e. The molecule has 1 N–H and O–H groups in total. The largest absolute Gasteiger partial charge is 0.317 e. The molecule has 0 spiro atoms. The molecule has 1 aromatic carbocycles. The summed E-state index contributed by atoms with van der Waals surface area (Å²) in [5, 5.41) is 4.71. The fourth-order valence-corrected chi connectivity index (χ4v) is 2.48. The fraction of sp³-hybridized carbons (Fsp3) is 0.571. The number of nitrogens with one attached hydrogen (secondary N) is 1.